The second kappa shape index (κ2) is 12.2. The van der Waals surface area contributed by atoms with Crippen LogP contribution >= 0.6 is 23.1 Å². The molecule has 238 valence electrons. The quantitative estimate of drug-likeness (QED) is 0.242. The highest BCUT2D eigenvalue weighted by Crippen LogP contribution is 2.54. The maximum atomic E-state index is 13.9. The van der Waals surface area contributed by atoms with Crippen LogP contribution in [0.25, 0.3) is 0 Å². The summed E-state index contributed by atoms with van der Waals surface area (Å²) in [6, 6.07) is 15.8. The number of carbonyl (C=O) groups excluding carboxylic acids is 3. The Labute approximate surface area is 267 Å². The molecule has 6 rings (SSSR count). The number of thioether (sulfide) groups is 1. The molecule has 3 heterocycles. The van der Waals surface area contributed by atoms with Gasteiger partial charge in [-0.3, -0.25) is 19.2 Å². The van der Waals surface area contributed by atoms with Crippen molar-refractivity contribution in [3.63, 3.8) is 0 Å². The Balaban J connectivity index is 1.30. The van der Waals surface area contributed by atoms with Crippen molar-refractivity contribution in [3.05, 3.63) is 92.4 Å². The van der Waals surface area contributed by atoms with Crippen LogP contribution in [-0.2, 0) is 20.6 Å². The van der Waals surface area contributed by atoms with Crippen molar-refractivity contribution in [1.82, 2.24) is 4.98 Å². The molecular formula is C31H24F3N3O7S2. The zero-order valence-electron chi connectivity index (χ0n) is 24.0. The van der Waals surface area contributed by atoms with Gasteiger partial charge in [0.05, 0.1) is 36.4 Å². The Morgan fingerprint density at radius 1 is 0.957 bits per heavy atom. The molecule has 0 spiro atoms. The normalized spacial score (nSPS) is 19.0. The lowest BCUT2D eigenvalue weighted by Crippen LogP contribution is -2.33. The number of aromatic nitrogens is 1. The number of aromatic amines is 1. The van der Waals surface area contributed by atoms with Gasteiger partial charge in [0.1, 0.15) is 11.0 Å². The predicted octanol–water partition coefficient (Wildman–Crippen LogP) is 5.29. The third-order valence-corrected chi connectivity index (χ3v) is 9.95. The Morgan fingerprint density at radius 2 is 1.70 bits per heavy atom. The van der Waals surface area contributed by atoms with E-state index in [2.05, 4.69) is 10.3 Å². The lowest BCUT2D eigenvalue weighted by molar-refractivity contribution is -0.137. The van der Waals surface area contributed by atoms with Gasteiger partial charge in [0.2, 0.25) is 11.8 Å². The van der Waals surface area contributed by atoms with E-state index in [1.54, 1.807) is 36.4 Å². The Bertz CT molecular complexity index is 1890. The molecule has 1 saturated heterocycles. The van der Waals surface area contributed by atoms with Gasteiger partial charge in [0.15, 0.2) is 18.1 Å². The van der Waals surface area contributed by atoms with Crippen molar-refractivity contribution < 1.29 is 41.8 Å². The zero-order valence-corrected chi connectivity index (χ0v) is 25.7. The molecule has 1 fully saturated rings. The third kappa shape index (κ3) is 5.71. The minimum atomic E-state index is -4.81. The zero-order chi connectivity index (χ0) is 32.7. The fraction of sp³-hybridized carbons (Fsp3) is 0.226. The number of fused-ring (bicyclic) bond motifs is 2. The lowest BCUT2D eigenvalue weighted by atomic mass is 9.83. The molecule has 3 amide bonds. The molecule has 2 N–H and O–H groups in total. The number of para-hydroxylation sites is 1. The molecule has 0 unspecified atom stereocenters. The number of imide groups is 1. The van der Waals surface area contributed by atoms with Gasteiger partial charge < -0.3 is 24.5 Å². The number of hydrogen-bond acceptors (Lipinski definition) is 9. The van der Waals surface area contributed by atoms with Crippen LogP contribution in [-0.4, -0.2) is 48.8 Å². The number of rotatable bonds is 8. The summed E-state index contributed by atoms with van der Waals surface area (Å²) in [6.07, 6.45) is -4.81. The first-order valence-electron chi connectivity index (χ1n) is 13.7. The van der Waals surface area contributed by atoms with Gasteiger partial charge in [-0.2, -0.15) is 13.2 Å². The van der Waals surface area contributed by atoms with E-state index in [4.69, 9.17) is 14.2 Å². The highest BCUT2D eigenvalue weighted by Gasteiger charge is 2.57. The first-order valence-corrected chi connectivity index (χ1v) is 15.4. The number of hydrogen-bond donors (Lipinski definition) is 2. The van der Waals surface area contributed by atoms with E-state index in [0.717, 1.165) is 35.2 Å². The maximum Gasteiger partial charge on any atom is 0.418 e. The van der Waals surface area contributed by atoms with Crippen LogP contribution in [0.4, 0.5) is 24.5 Å². The number of ether oxygens (including phenoxy) is 3. The monoisotopic (exact) mass is 671 g/mol. The van der Waals surface area contributed by atoms with Crippen LogP contribution in [0.3, 0.4) is 0 Å². The highest BCUT2D eigenvalue weighted by molar-refractivity contribution is 8.00. The molecule has 0 aliphatic carbocycles. The van der Waals surface area contributed by atoms with E-state index in [9.17, 15) is 32.3 Å². The minimum absolute atomic E-state index is 0.199. The third-order valence-electron chi connectivity index (χ3n) is 7.55. The average Bonchev–Trinajstić information content (AvgIpc) is 3.53. The Kier molecular flexibility index (Phi) is 8.29. The fourth-order valence-electron chi connectivity index (χ4n) is 5.53. The SMILES string of the molecule is COc1ccc(NC(=O)COc2ccc([C@@H]3c4sc(=O)[nH]c4S[C@H]4C(=O)N(c5ccccc5C(F)(F)F)C(=O)[C@@H]34)cc2OC)cc1. The topological polar surface area (TPSA) is 127 Å². The molecule has 3 atom stereocenters. The first kappa shape index (κ1) is 31.2. The Morgan fingerprint density at radius 3 is 2.39 bits per heavy atom. The fourth-order valence-corrected chi connectivity index (χ4v) is 8.05. The standard InChI is InChI=1S/C31H24F3N3O7S2/c1-42-17-10-8-16(9-11-17)35-22(38)14-44-20-12-7-15(13-21(20)43-2)23-24-26(45-27-25(23)46-30(41)36-27)29(40)37(28(24)39)19-6-4-3-5-18(19)31(32,33)34/h3-13,23-24,26H,14H2,1-2H3,(H,35,38)(H,36,41)/t23-,24-,26+/m0/s1. The number of alkyl halides is 3. The van der Waals surface area contributed by atoms with Crippen molar-refractivity contribution in [2.75, 3.05) is 31.0 Å². The van der Waals surface area contributed by atoms with E-state index in [0.29, 0.717) is 31.8 Å². The number of nitrogens with zero attached hydrogens (tertiary/aromatic N) is 1. The molecule has 10 nitrogen and oxygen atoms in total. The first-order chi connectivity index (χ1) is 22.0. The van der Waals surface area contributed by atoms with Crippen LogP contribution < -0.4 is 29.3 Å². The number of anilines is 2. The van der Waals surface area contributed by atoms with Crippen LogP contribution in [0.15, 0.2) is 76.6 Å². The molecule has 2 aliphatic rings. The summed E-state index contributed by atoms with van der Waals surface area (Å²) in [7, 11) is 2.91. The second-order valence-electron chi connectivity index (χ2n) is 10.3. The van der Waals surface area contributed by atoms with Crippen LogP contribution in [0.1, 0.15) is 21.9 Å². The van der Waals surface area contributed by atoms with E-state index < -0.39 is 57.1 Å². The molecule has 4 aromatic rings. The summed E-state index contributed by atoms with van der Waals surface area (Å²) in [5, 5.41) is 1.97. The highest BCUT2D eigenvalue weighted by atomic mass is 32.2. The minimum Gasteiger partial charge on any atom is -0.497 e. The average molecular weight is 672 g/mol. The number of methoxy groups -OCH3 is 2. The number of halogens is 3. The number of nitrogens with one attached hydrogen (secondary N) is 2. The van der Waals surface area contributed by atoms with Gasteiger partial charge in [-0.25, -0.2) is 4.90 Å². The van der Waals surface area contributed by atoms with Crippen molar-refractivity contribution in [2.24, 2.45) is 5.92 Å². The number of thiazole rings is 1. The second-order valence-corrected chi connectivity index (χ2v) is 12.4. The molecule has 15 heteroatoms. The van der Waals surface area contributed by atoms with Gasteiger partial charge in [-0.15, -0.1) is 0 Å². The summed E-state index contributed by atoms with van der Waals surface area (Å²) >= 11 is 1.81. The van der Waals surface area contributed by atoms with Crippen molar-refractivity contribution in [1.29, 1.82) is 0 Å². The molecule has 1 aromatic heterocycles. The summed E-state index contributed by atoms with van der Waals surface area (Å²) in [5.74, 6) is -3.03. The molecule has 46 heavy (non-hydrogen) atoms. The van der Waals surface area contributed by atoms with Gasteiger partial charge in [0.25, 0.3) is 5.91 Å². The summed E-state index contributed by atoms with van der Waals surface area (Å²) in [4.78, 5) is 55.9. The van der Waals surface area contributed by atoms with E-state index >= 15 is 0 Å². The van der Waals surface area contributed by atoms with Gasteiger partial charge in [-0.05, 0) is 54.1 Å². The number of amides is 3. The van der Waals surface area contributed by atoms with Crippen molar-refractivity contribution in [3.8, 4) is 17.2 Å². The number of carbonyl (C=O) groups is 3. The van der Waals surface area contributed by atoms with Crippen molar-refractivity contribution in [2.45, 2.75) is 22.4 Å². The number of H-pyrrole nitrogens is 1. The summed E-state index contributed by atoms with van der Waals surface area (Å²) in [6.45, 7) is -0.364. The van der Waals surface area contributed by atoms with Crippen LogP contribution in [0, 0.1) is 5.92 Å². The molecule has 0 bridgehead atoms. The largest absolute Gasteiger partial charge is 0.497 e. The van der Waals surface area contributed by atoms with E-state index in [1.165, 1.54) is 32.4 Å². The maximum absolute atomic E-state index is 13.9. The smallest absolute Gasteiger partial charge is 0.418 e. The Hall–Kier alpha value is -4.76. The van der Waals surface area contributed by atoms with Crippen LogP contribution in [0.2, 0.25) is 0 Å². The van der Waals surface area contributed by atoms with Crippen LogP contribution in [0.5, 0.6) is 17.2 Å². The van der Waals surface area contributed by atoms with Gasteiger partial charge in [-0.1, -0.05) is 41.3 Å². The molecule has 2 aliphatic heterocycles. The predicted molar refractivity (Wildman–Crippen MR) is 164 cm³/mol. The lowest BCUT2D eigenvalue weighted by Gasteiger charge is -2.30. The van der Waals surface area contributed by atoms with Gasteiger partial charge in [0, 0.05) is 16.5 Å². The molecule has 0 radical (unpaired) electrons. The van der Waals surface area contributed by atoms with E-state index in [1.807, 2.05) is 0 Å². The number of benzene rings is 3. The summed E-state index contributed by atoms with van der Waals surface area (Å²) < 4.78 is 58.0. The summed E-state index contributed by atoms with van der Waals surface area (Å²) in [5.41, 5.74) is -0.666. The molecule has 3 aromatic carbocycles. The molecule has 0 saturated carbocycles. The van der Waals surface area contributed by atoms with Crippen molar-refractivity contribution >= 4 is 52.2 Å². The van der Waals surface area contributed by atoms with Gasteiger partial charge >= 0.3 is 11.0 Å². The molecular weight excluding hydrogens is 647 g/mol. The van der Waals surface area contributed by atoms with E-state index in [-0.39, 0.29) is 18.1 Å².